The third-order valence-corrected chi connectivity index (χ3v) is 8.09. The molecule has 0 amide bonds. The van der Waals surface area contributed by atoms with E-state index in [4.69, 9.17) is 16.3 Å². The molecule has 12 heteroatoms. The van der Waals surface area contributed by atoms with Gasteiger partial charge in [0.05, 0.1) is 22.3 Å². The van der Waals surface area contributed by atoms with Crippen LogP contribution in [0.1, 0.15) is 12.6 Å². The summed E-state index contributed by atoms with van der Waals surface area (Å²) >= 11 is 6.41. The number of hydrogen-bond acceptors (Lipinski definition) is 7. The number of nitrogens with one attached hydrogen (secondary N) is 2. The highest BCUT2D eigenvalue weighted by Crippen LogP contribution is 2.36. The lowest BCUT2D eigenvalue weighted by atomic mass is 10.2. The first-order valence-corrected chi connectivity index (χ1v) is 12.6. The molecule has 1 aromatic carbocycles. The van der Waals surface area contributed by atoms with Gasteiger partial charge in [0, 0.05) is 38.9 Å². The minimum absolute atomic E-state index is 0.114. The topological polar surface area (TPSA) is 118 Å². The molecule has 34 heavy (non-hydrogen) atoms. The second-order valence-electron chi connectivity index (χ2n) is 8.26. The molecule has 1 aliphatic heterocycles. The third-order valence-electron chi connectivity index (χ3n) is 5.79. The number of aromatic amines is 1. The number of nitrogens with zero attached hydrogens (tertiary/aromatic N) is 5. The number of pyridine rings is 1. The molecule has 1 fully saturated rings. The van der Waals surface area contributed by atoms with Crippen molar-refractivity contribution in [3.63, 3.8) is 0 Å². The Hall–Kier alpha value is -2.99. The first-order chi connectivity index (χ1) is 16.2. The summed E-state index contributed by atoms with van der Waals surface area (Å²) in [5.74, 6) is 1.40. The summed E-state index contributed by atoms with van der Waals surface area (Å²) < 4.78 is 35.4. The Morgan fingerprint density at radius 2 is 2.00 bits per heavy atom. The number of fused-ring (bicyclic) bond motifs is 1. The Kier molecular flexibility index (Phi) is 5.80. The van der Waals surface area contributed by atoms with Gasteiger partial charge >= 0.3 is 0 Å². The normalized spacial score (nSPS) is 17.4. The van der Waals surface area contributed by atoms with Gasteiger partial charge in [-0.3, -0.25) is 4.68 Å². The maximum atomic E-state index is 13.1. The SMILES string of the molecule is Cc1nn(C)cc1-c1nc2ncc(Cl)c(Oc3ccc(S(=O)(=O)N4CCNCC4C)cc3)c2[nH]1. The van der Waals surface area contributed by atoms with Crippen molar-refractivity contribution in [3.05, 3.63) is 47.4 Å². The molecule has 10 nitrogen and oxygen atoms in total. The van der Waals surface area contributed by atoms with Crippen molar-refractivity contribution in [2.75, 3.05) is 19.6 Å². The van der Waals surface area contributed by atoms with Crippen LogP contribution in [-0.2, 0) is 17.1 Å². The number of ether oxygens (including phenoxy) is 1. The van der Waals surface area contributed by atoms with E-state index in [-0.39, 0.29) is 10.9 Å². The van der Waals surface area contributed by atoms with E-state index in [1.165, 1.54) is 10.5 Å². The molecule has 0 radical (unpaired) electrons. The van der Waals surface area contributed by atoms with E-state index in [1.807, 2.05) is 27.1 Å². The molecule has 4 aromatic rings. The largest absolute Gasteiger partial charge is 0.453 e. The van der Waals surface area contributed by atoms with Crippen molar-refractivity contribution in [3.8, 4) is 22.9 Å². The second-order valence-corrected chi connectivity index (χ2v) is 10.6. The molecule has 1 saturated heterocycles. The van der Waals surface area contributed by atoms with E-state index in [2.05, 4.69) is 25.4 Å². The molecule has 3 aromatic heterocycles. The number of hydrogen-bond donors (Lipinski definition) is 2. The van der Waals surface area contributed by atoms with Gasteiger partial charge in [-0.15, -0.1) is 0 Å². The summed E-state index contributed by atoms with van der Waals surface area (Å²) in [5.41, 5.74) is 2.66. The summed E-state index contributed by atoms with van der Waals surface area (Å²) in [6, 6.07) is 6.21. The van der Waals surface area contributed by atoms with Gasteiger partial charge in [-0.2, -0.15) is 9.40 Å². The van der Waals surface area contributed by atoms with Crippen LogP contribution in [-0.4, -0.2) is 63.1 Å². The predicted molar refractivity (Wildman–Crippen MR) is 129 cm³/mol. The van der Waals surface area contributed by atoms with E-state index in [1.54, 1.807) is 28.9 Å². The molecule has 5 rings (SSSR count). The number of imidazole rings is 1. The molecule has 1 unspecified atom stereocenters. The Labute approximate surface area is 202 Å². The highest BCUT2D eigenvalue weighted by atomic mass is 35.5. The Morgan fingerprint density at radius 3 is 2.68 bits per heavy atom. The Balaban J connectivity index is 1.45. The number of aryl methyl sites for hydroxylation is 2. The standard InChI is InChI=1S/C22H24ClN7O3S/c1-13-10-24-8-9-30(13)34(31,32)16-6-4-15(5-7-16)33-20-18(23)11-25-22-19(20)26-21(27-22)17-12-29(3)28-14(17)2/h4-7,11-13,24H,8-10H2,1-3H3,(H,25,26,27). The average Bonchev–Trinajstić information content (AvgIpc) is 3.38. The smallest absolute Gasteiger partial charge is 0.243 e. The number of H-pyrrole nitrogens is 1. The molecule has 1 atom stereocenters. The fourth-order valence-electron chi connectivity index (χ4n) is 4.08. The molecule has 0 bridgehead atoms. The van der Waals surface area contributed by atoms with Crippen LogP contribution >= 0.6 is 11.6 Å². The van der Waals surface area contributed by atoms with E-state index in [9.17, 15) is 8.42 Å². The van der Waals surface area contributed by atoms with Crippen LogP contribution in [0.4, 0.5) is 0 Å². The fraction of sp³-hybridized carbons (Fsp3) is 0.318. The lowest BCUT2D eigenvalue weighted by molar-refractivity contribution is 0.284. The number of halogens is 1. The monoisotopic (exact) mass is 501 g/mol. The van der Waals surface area contributed by atoms with Gasteiger partial charge in [-0.1, -0.05) is 11.6 Å². The van der Waals surface area contributed by atoms with Crippen molar-refractivity contribution in [2.45, 2.75) is 24.8 Å². The van der Waals surface area contributed by atoms with Crippen molar-refractivity contribution >= 4 is 32.8 Å². The highest BCUT2D eigenvalue weighted by molar-refractivity contribution is 7.89. The number of benzene rings is 1. The zero-order chi connectivity index (χ0) is 24.0. The molecule has 0 saturated carbocycles. The van der Waals surface area contributed by atoms with Gasteiger partial charge < -0.3 is 15.0 Å². The van der Waals surface area contributed by atoms with Crippen LogP contribution in [0, 0.1) is 6.92 Å². The average molecular weight is 502 g/mol. The number of piperazine rings is 1. The first kappa shape index (κ1) is 22.8. The van der Waals surface area contributed by atoms with Crippen LogP contribution in [0.3, 0.4) is 0 Å². The molecular formula is C22H24ClN7O3S. The van der Waals surface area contributed by atoms with Crippen LogP contribution < -0.4 is 10.1 Å². The van der Waals surface area contributed by atoms with Crippen molar-refractivity contribution < 1.29 is 13.2 Å². The van der Waals surface area contributed by atoms with E-state index in [0.717, 1.165) is 11.3 Å². The molecule has 178 valence electrons. The van der Waals surface area contributed by atoms with Crippen LogP contribution in [0.25, 0.3) is 22.6 Å². The summed E-state index contributed by atoms with van der Waals surface area (Å²) in [4.78, 5) is 12.3. The predicted octanol–water partition coefficient (Wildman–Crippen LogP) is 3.09. The summed E-state index contributed by atoms with van der Waals surface area (Å²) in [7, 11) is -1.75. The van der Waals surface area contributed by atoms with E-state index < -0.39 is 10.0 Å². The van der Waals surface area contributed by atoms with Gasteiger partial charge in [0.1, 0.15) is 22.1 Å². The molecule has 2 N–H and O–H groups in total. The van der Waals surface area contributed by atoms with Crippen LogP contribution in [0.2, 0.25) is 5.02 Å². The van der Waals surface area contributed by atoms with Gasteiger partial charge in [-0.05, 0) is 38.1 Å². The highest BCUT2D eigenvalue weighted by Gasteiger charge is 2.30. The first-order valence-electron chi connectivity index (χ1n) is 10.8. The maximum absolute atomic E-state index is 13.1. The minimum Gasteiger partial charge on any atom is -0.453 e. The summed E-state index contributed by atoms with van der Waals surface area (Å²) in [6.45, 7) is 5.49. The third kappa shape index (κ3) is 4.05. The van der Waals surface area contributed by atoms with Crippen molar-refractivity contribution in [2.24, 2.45) is 7.05 Å². The Morgan fingerprint density at radius 1 is 1.24 bits per heavy atom. The zero-order valence-electron chi connectivity index (χ0n) is 18.9. The summed E-state index contributed by atoms with van der Waals surface area (Å²) in [6.07, 6.45) is 3.35. The van der Waals surface area contributed by atoms with Crippen LogP contribution in [0.5, 0.6) is 11.5 Å². The van der Waals surface area contributed by atoms with Gasteiger partial charge in [-0.25, -0.2) is 18.4 Å². The molecule has 0 aliphatic carbocycles. The minimum atomic E-state index is -3.60. The second kappa shape index (κ2) is 8.66. The molecule has 4 heterocycles. The van der Waals surface area contributed by atoms with E-state index in [0.29, 0.717) is 53.1 Å². The maximum Gasteiger partial charge on any atom is 0.243 e. The molecule has 1 aliphatic rings. The fourth-order valence-corrected chi connectivity index (χ4v) is 5.90. The van der Waals surface area contributed by atoms with Crippen molar-refractivity contribution in [1.82, 2.24) is 34.4 Å². The Bertz CT molecular complexity index is 1460. The van der Waals surface area contributed by atoms with Gasteiger partial charge in [0.2, 0.25) is 10.0 Å². The number of rotatable bonds is 5. The zero-order valence-corrected chi connectivity index (χ0v) is 20.5. The molecule has 0 spiro atoms. The number of sulfonamides is 1. The lowest BCUT2D eigenvalue weighted by Gasteiger charge is -2.32. The van der Waals surface area contributed by atoms with Crippen LogP contribution in [0.15, 0.2) is 41.6 Å². The van der Waals surface area contributed by atoms with Gasteiger partial charge in [0.25, 0.3) is 0 Å². The van der Waals surface area contributed by atoms with E-state index >= 15 is 0 Å². The number of aromatic nitrogens is 5. The van der Waals surface area contributed by atoms with Gasteiger partial charge in [0.15, 0.2) is 11.4 Å². The van der Waals surface area contributed by atoms with Crippen molar-refractivity contribution in [1.29, 1.82) is 0 Å². The summed E-state index contributed by atoms with van der Waals surface area (Å²) in [5, 5.41) is 7.86. The molecular weight excluding hydrogens is 478 g/mol. The quantitative estimate of drug-likeness (QED) is 0.431. The lowest BCUT2D eigenvalue weighted by Crippen LogP contribution is -2.52.